The van der Waals surface area contributed by atoms with Crippen molar-refractivity contribution < 1.29 is 18.9 Å². The van der Waals surface area contributed by atoms with Crippen LogP contribution in [0.15, 0.2) is 122 Å². The van der Waals surface area contributed by atoms with E-state index < -0.39 is 0 Å². The maximum absolute atomic E-state index is 6.01. The summed E-state index contributed by atoms with van der Waals surface area (Å²) in [6.07, 6.45) is 6.96. The van der Waals surface area contributed by atoms with Gasteiger partial charge in [-0.3, -0.25) is 19.9 Å². The molecule has 0 aromatic carbocycles. The van der Waals surface area contributed by atoms with Gasteiger partial charge in [-0.05, 0) is 48.5 Å². The first-order chi connectivity index (χ1) is 22.8. The van der Waals surface area contributed by atoms with Crippen LogP contribution in [-0.2, 0) is 9.47 Å². The van der Waals surface area contributed by atoms with Crippen LogP contribution in [0.1, 0.15) is 0 Å². The van der Waals surface area contributed by atoms with Crippen molar-refractivity contribution >= 4 is 0 Å². The topological polar surface area (TPSA) is 114 Å². The van der Waals surface area contributed by atoms with E-state index in [0.29, 0.717) is 73.9 Å². The summed E-state index contributed by atoms with van der Waals surface area (Å²) in [5.41, 5.74) is 5.88. The van der Waals surface area contributed by atoms with E-state index in [4.69, 9.17) is 28.9 Å². The molecule has 0 aliphatic heterocycles. The monoisotopic (exact) mass is 612 g/mol. The van der Waals surface area contributed by atoms with Crippen LogP contribution in [0.2, 0.25) is 0 Å². The summed E-state index contributed by atoms with van der Waals surface area (Å²) in [7, 11) is 0. The lowest BCUT2D eigenvalue weighted by molar-refractivity contribution is 0.0273. The molecule has 46 heavy (non-hydrogen) atoms. The van der Waals surface area contributed by atoms with Crippen molar-refractivity contribution in [1.29, 1.82) is 0 Å². The van der Waals surface area contributed by atoms with Crippen molar-refractivity contribution in [3.8, 4) is 57.1 Å². The molecule has 0 unspecified atom stereocenters. The Kier molecular flexibility index (Phi) is 10.5. The zero-order chi connectivity index (χ0) is 31.2. The molecule has 0 amide bonds. The third-order valence-corrected chi connectivity index (χ3v) is 6.67. The van der Waals surface area contributed by atoms with Crippen molar-refractivity contribution in [1.82, 2.24) is 29.9 Å². The molecule has 0 atom stereocenters. The number of aromatic nitrogens is 6. The molecule has 0 aliphatic rings. The molecule has 0 fully saturated rings. The molecule has 0 aliphatic carbocycles. The number of nitrogens with zero attached hydrogens (tertiary/aromatic N) is 6. The average molecular weight is 613 g/mol. The Morgan fingerprint density at radius 3 is 0.935 bits per heavy atom. The third kappa shape index (κ3) is 8.53. The quantitative estimate of drug-likeness (QED) is 0.124. The molecule has 0 saturated carbocycles. The molecule has 6 aromatic rings. The van der Waals surface area contributed by atoms with Crippen LogP contribution >= 0.6 is 0 Å². The Labute approximate surface area is 267 Å². The third-order valence-electron chi connectivity index (χ3n) is 6.67. The first kappa shape index (κ1) is 30.4. The highest BCUT2D eigenvalue weighted by molar-refractivity contribution is 5.65. The molecular formula is C36H32N6O4. The predicted molar refractivity (Wildman–Crippen MR) is 174 cm³/mol. The van der Waals surface area contributed by atoms with Gasteiger partial charge in [0.1, 0.15) is 24.7 Å². The van der Waals surface area contributed by atoms with Crippen LogP contribution < -0.4 is 9.47 Å². The Morgan fingerprint density at radius 2 is 0.652 bits per heavy atom. The van der Waals surface area contributed by atoms with Gasteiger partial charge in [0.15, 0.2) is 0 Å². The van der Waals surface area contributed by atoms with Crippen LogP contribution in [0.25, 0.3) is 45.6 Å². The molecule has 0 spiro atoms. The summed E-state index contributed by atoms with van der Waals surface area (Å²) >= 11 is 0. The van der Waals surface area contributed by atoms with Gasteiger partial charge in [-0.25, -0.2) is 9.97 Å². The molecule has 6 heterocycles. The second-order valence-electron chi connectivity index (χ2n) is 9.93. The van der Waals surface area contributed by atoms with Crippen LogP contribution in [-0.4, -0.2) is 69.5 Å². The van der Waals surface area contributed by atoms with Gasteiger partial charge in [0.25, 0.3) is 0 Å². The van der Waals surface area contributed by atoms with Crippen molar-refractivity contribution in [2.75, 3.05) is 39.6 Å². The van der Waals surface area contributed by atoms with Gasteiger partial charge in [-0.2, -0.15) is 0 Å². The summed E-state index contributed by atoms with van der Waals surface area (Å²) in [5.74, 6) is 1.34. The van der Waals surface area contributed by atoms with Gasteiger partial charge in [0.2, 0.25) is 0 Å². The summed E-state index contributed by atoms with van der Waals surface area (Å²) in [5, 5.41) is 0. The van der Waals surface area contributed by atoms with Gasteiger partial charge >= 0.3 is 0 Å². The van der Waals surface area contributed by atoms with Crippen molar-refractivity contribution in [2.24, 2.45) is 0 Å². The number of ether oxygens (including phenoxy) is 4. The number of hydrogen-bond donors (Lipinski definition) is 0. The number of hydrogen-bond acceptors (Lipinski definition) is 10. The summed E-state index contributed by atoms with van der Waals surface area (Å²) < 4.78 is 23.5. The Balaban J connectivity index is 0.950. The Hall–Kier alpha value is -5.58. The van der Waals surface area contributed by atoms with Crippen LogP contribution in [0.4, 0.5) is 0 Å². The van der Waals surface area contributed by atoms with E-state index in [1.54, 1.807) is 24.8 Å². The van der Waals surface area contributed by atoms with Gasteiger partial charge < -0.3 is 18.9 Å². The lowest BCUT2D eigenvalue weighted by Crippen LogP contribution is -2.13. The normalized spacial score (nSPS) is 10.9. The minimum absolute atomic E-state index is 0.371. The van der Waals surface area contributed by atoms with E-state index in [-0.39, 0.29) is 0 Å². The largest absolute Gasteiger partial charge is 0.491 e. The maximum Gasteiger partial charge on any atom is 0.123 e. The van der Waals surface area contributed by atoms with Crippen LogP contribution in [0, 0.1) is 0 Å². The molecule has 230 valence electrons. The molecular weight excluding hydrogens is 580 g/mol. The van der Waals surface area contributed by atoms with E-state index in [9.17, 15) is 0 Å². The summed E-state index contributed by atoms with van der Waals surface area (Å²) in [6, 6.07) is 30.4. The highest BCUT2D eigenvalue weighted by Crippen LogP contribution is 2.28. The number of pyridine rings is 6. The molecule has 6 aromatic heterocycles. The molecule has 0 saturated heterocycles. The fourth-order valence-corrected chi connectivity index (χ4v) is 4.52. The molecule has 0 radical (unpaired) electrons. The summed E-state index contributed by atoms with van der Waals surface area (Å²) in [6.45, 7) is 2.42. The van der Waals surface area contributed by atoms with Gasteiger partial charge in [0, 0.05) is 49.1 Å². The predicted octanol–water partition coefficient (Wildman–Crippen LogP) is 6.22. The van der Waals surface area contributed by atoms with Crippen LogP contribution in [0.5, 0.6) is 11.5 Å². The van der Waals surface area contributed by atoms with Gasteiger partial charge in [0.05, 0.1) is 72.0 Å². The van der Waals surface area contributed by atoms with Crippen molar-refractivity contribution in [3.05, 3.63) is 122 Å². The zero-order valence-electron chi connectivity index (χ0n) is 25.1. The second kappa shape index (κ2) is 15.9. The first-order valence-corrected chi connectivity index (χ1v) is 14.9. The van der Waals surface area contributed by atoms with Gasteiger partial charge in [-0.1, -0.05) is 24.3 Å². The first-order valence-electron chi connectivity index (χ1n) is 14.9. The fourth-order valence-electron chi connectivity index (χ4n) is 4.52. The lowest BCUT2D eigenvalue weighted by atomic mass is 10.2. The van der Waals surface area contributed by atoms with Crippen molar-refractivity contribution in [3.63, 3.8) is 0 Å². The highest BCUT2D eigenvalue weighted by Gasteiger charge is 2.11. The smallest absolute Gasteiger partial charge is 0.123 e. The number of rotatable bonds is 15. The zero-order valence-corrected chi connectivity index (χ0v) is 25.1. The van der Waals surface area contributed by atoms with Gasteiger partial charge in [-0.15, -0.1) is 0 Å². The van der Waals surface area contributed by atoms with E-state index in [1.807, 2.05) is 97.1 Å². The van der Waals surface area contributed by atoms with E-state index in [0.717, 1.165) is 22.8 Å². The summed E-state index contributed by atoms with van der Waals surface area (Å²) in [4.78, 5) is 27.2. The molecule has 10 heteroatoms. The molecule has 0 N–H and O–H groups in total. The average Bonchev–Trinajstić information content (AvgIpc) is 3.13. The van der Waals surface area contributed by atoms with Crippen LogP contribution in [0.3, 0.4) is 0 Å². The lowest BCUT2D eigenvalue weighted by Gasteiger charge is -2.12. The van der Waals surface area contributed by atoms with E-state index in [1.165, 1.54) is 0 Å². The fraction of sp³-hybridized carbons (Fsp3) is 0.167. The maximum atomic E-state index is 6.01. The standard InChI is InChI=1S/C36H32N6O4/c1-5-13-37-29(9-1)33-23-27(24-34(41-33)30-10-2-6-14-38-30)45-21-19-43-17-18-44-20-22-46-28-25-35(31-11-3-7-15-39-31)42-36(26-28)32-12-4-8-16-40-32/h1-16,23-26H,17-22H2. The minimum atomic E-state index is 0.371. The van der Waals surface area contributed by atoms with Crippen molar-refractivity contribution in [2.45, 2.75) is 0 Å². The van der Waals surface area contributed by atoms with E-state index in [2.05, 4.69) is 19.9 Å². The Bertz CT molecular complexity index is 1550. The second-order valence-corrected chi connectivity index (χ2v) is 9.93. The molecule has 0 bridgehead atoms. The minimum Gasteiger partial charge on any atom is -0.491 e. The molecule has 10 nitrogen and oxygen atoms in total. The molecule has 6 rings (SSSR count). The highest BCUT2D eigenvalue weighted by atomic mass is 16.6. The Morgan fingerprint density at radius 1 is 0.348 bits per heavy atom. The van der Waals surface area contributed by atoms with E-state index >= 15 is 0 Å². The SMILES string of the molecule is c1ccc(-c2cc(OCCOCCOCCOc3cc(-c4ccccn4)nc(-c4ccccn4)c3)cc(-c3ccccn3)n2)nc1.